The zero-order chi connectivity index (χ0) is 25.4. The van der Waals surface area contributed by atoms with E-state index in [-0.39, 0.29) is 24.2 Å². The molecule has 0 spiro atoms. The molecule has 1 unspecified atom stereocenters. The van der Waals surface area contributed by atoms with Gasteiger partial charge in [-0.15, -0.1) is 0 Å². The van der Waals surface area contributed by atoms with E-state index in [2.05, 4.69) is 20.5 Å². The Hall–Kier alpha value is -3.39. The Bertz CT molecular complexity index is 1160. The van der Waals surface area contributed by atoms with E-state index in [1.807, 2.05) is 45.9 Å². The number of nitrogens with one attached hydrogen (secondary N) is 3. The Morgan fingerprint density at radius 2 is 1.71 bits per heavy atom. The highest BCUT2D eigenvalue weighted by molar-refractivity contribution is 6.08. The number of rotatable bonds is 12. The number of aryl methyl sites for hydroxylation is 1. The minimum absolute atomic E-state index is 0.220. The standard InChI is InChI=1S/C27H35FN4O3/c1-5-14-29-26(34)27(30-15-6-2)35-21-12-13-23-22(16-21)24(18(4)32(23)7-3)25(33)31-17-19-8-10-20(28)11-9-19/h8-13,16,27,30H,5-7,14-15,17H2,1-4H3,(H,29,34)(H,31,33). The average molecular weight is 483 g/mol. The molecule has 0 radical (unpaired) electrons. The maximum atomic E-state index is 13.2. The number of carbonyl (C=O) groups excluding carboxylic acids is 2. The lowest BCUT2D eigenvalue weighted by molar-refractivity contribution is -0.129. The van der Waals surface area contributed by atoms with Gasteiger partial charge in [0.1, 0.15) is 11.6 Å². The lowest BCUT2D eigenvalue weighted by Gasteiger charge is -2.20. The van der Waals surface area contributed by atoms with Crippen LogP contribution in [0, 0.1) is 12.7 Å². The highest BCUT2D eigenvalue weighted by atomic mass is 19.1. The molecular formula is C27H35FN4O3. The molecule has 2 amide bonds. The molecule has 0 aliphatic heterocycles. The smallest absolute Gasteiger partial charge is 0.276 e. The van der Waals surface area contributed by atoms with Crippen molar-refractivity contribution in [1.82, 2.24) is 20.5 Å². The topological polar surface area (TPSA) is 84.4 Å². The summed E-state index contributed by atoms with van der Waals surface area (Å²) in [6.07, 6.45) is 0.860. The number of carbonyl (C=O) groups is 2. The zero-order valence-corrected chi connectivity index (χ0v) is 20.9. The number of ether oxygens (including phenoxy) is 1. The second-order valence-electron chi connectivity index (χ2n) is 8.44. The molecular weight excluding hydrogens is 447 g/mol. The zero-order valence-electron chi connectivity index (χ0n) is 20.9. The fourth-order valence-corrected chi connectivity index (χ4v) is 4.04. The summed E-state index contributed by atoms with van der Waals surface area (Å²) in [7, 11) is 0. The van der Waals surface area contributed by atoms with Crippen LogP contribution in [-0.4, -0.2) is 35.7 Å². The first kappa shape index (κ1) is 26.2. The van der Waals surface area contributed by atoms with Gasteiger partial charge in [-0.05, 0) is 69.1 Å². The largest absolute Gasteiger partial charge is 0.466 e. The average Bonchev–Trinajstić information content (AvgIpc) is 3.14. The van der Waals surface area contributed by atoms with Crippen molar-refractivity contribution in [2.75, 3.05) is 13.1 Å². The maximum Gasteiger partial charge on any atom is 0.276 e. The fraction of sp³-hybridized carbons (Fsp3) is 0.407. The molecule has 0 saturated heterocycles. The van der Waals surface area contributed by atoms with Crippen molar-refractivity contribution in [3.8, 4) is 5.75 Å². The summed E-state index contributed by atoms with van der Waals surface area (Å²) in [5, 5.41) is 9.70. The summed E-state index contributed by atoms with van der Waals surface area (Å²) < 4.78 is 21.3. The van der Waals surface area contributed by atoms with Gasteiger partial charge in [0, 0.05) is 36.2 Å². The third-order valence-corrected chi connectivity index (χ3v) is 5.83. The summed E-state index contributed by atoms with van der Waals surface area (Å²) in [6.45, 7) is 10.2. The SMILES string of the molecule is CCCNC(=O)C(NCCC)Oc1ccc2c(c1)c(C(=O)NCc1ccc(F)cc1)c(C)n2CC. The molecule has 8 heteroatoms. The van der Waals surface area contributed by atoms with Gasteiger partial charge in [-0.25, -0.2) is 4.39 Å². The monoisotopic (exact) mass is 482 g/mol. The van der Waals surface area contributed by atoms with E-state index in [0.29, 0.717) is 30.9 Å². The molecule has 1 aromatic heterocycles. The van der Waals surface area contributed by atoms with E-state index in [0.717, 1.165) is 35.0 Å². The third-order valence-electron chi connectivity index (χ3n) is 5.83. The van der Waals surface area contributed by atoms with Gasteiger partial charge in [-0.3, -0.25) is 14.9 Å². The van der Waals surface area contributed by atoms with Gasteiger partial charge in [-0.2, -0.15) is 0 Å². The lowest BCUT2D eigenvalue weighted by atomic mass is 10.1. The molecule has 3 rings (SSSR count). The fourth-order valence-electron chi connectivity index (χ4n) is 4.04. The summed E-state index contributed by atoms with van der Waals surface area (Å²) in [6, 6.07) is 11.6. The van der Waals surface area contributed by atoms with E-state index < -0.39 is 6.23 Å². The molecule has 0 saturated carbocycles. The Balaban J connectivity index is 1.89. The lowest BCUT2D eigenvalue weighted by Crippen LogP contribution is -2.48. The second kappa shape index (κ2) is 12.4. The molecule has 0 aliphatic rings. The Morgan fingerprint density at radius 1 is 1.00 bits per heavy atom. The maximum absolute atomic E-state index is 13.2. The molecule has 0 bridgehead atoms. The van der Waals surface area contributed by atoms with E-state index in [1.165, 1.54) is 12.1 Å². The van der Waals surface area contributed by atoms with Gasteiger partial charge < -0.3 is 19.9 Å². The number of amides is 2. The highest BCUT2D eigenvalue weighted by Crippen LogP contribution is 2.30. The summed E-state index contributed by atoms with van der Waals surface area (Å²) >= 11 is 0. The molecule has 0 fully saturated rings. The number of halogens is 1. The second-order valence-corrected chi connectivity index (χ2v) is 8.44. The molecule has 1 atom stereocenters. The molecule has 3 N–H and O–H groups in total. The number of fused-ring (bicyclic) bond motifs is 1. The first-order valence-corrected chi connectivity index (χ1v) is 12.2. The van der Waals surface area contributed by atoms with E-state index >= 15 is 0 Å². The van der Waals surface area contributed by atoms with Crippen LogP contribution in [0.5, 0.6) is 5.75 Å². The summed E-state index contributed by atoms with van der Waals surface area (Å²) in [5.41, 5.74) is 3.13. The van der Waals surface area contributed by atoms with Crippen LogP contribution in [-0.2, 0) is 17.9 Å². The van der Waals surface area contributed by atoms with Gasteiger partial charge >= 0.3 is 0 Å². The van der Waals surface area contributed by atoms with Crippen LogP contribution in [0.25, 0.3) is 10.9 Å². The predicted octanol–water partition coefficient (Wildman–Crippen LogP) is 4.27. The first-order chi connectivity index (χ1) is 16.9. The highest BCUT2D eigenvalue weighted by Gasteiger charge is 2.22. The molecule has 2 aromatic carbocycles. The number of benzene rings is 2. The molecule has 1 heterocycles. The summed E-state index contributed by atoms with van der Waals surface area (Å²) in [4.78, 5) is 25.8. The Morgan fingerprint density at radius 3 is 2.37 bits per heavy atom. The van der Waals surface area contributed by atoms with Crippen LogP contribution in [0.3, 0.4) is 0 Å². The third kappa shape index (κ3) is 6.39. The van der Waals surface area contributed by atoms with E-state index in [4.69, 9.17) is 4.74 Å². The number of nitrogens with zero attached hydrogens (tertiary/aromatic N) is 1. The van der Waals surface area contributed by atoms with E-state index in [1.54, 1.807) is 12.1 Å². The van der Waals surface area contributed by atoms with Crippen LogP contribution in [0.2, 0.25) is 0 Å². The van der Waals surface area contributed by atoms with Gasteiger partial charge in [0.15, 0.2) is 0 Å². The molecule has 3 aromatic rings. The normalized spacial score (nSPS) is 11.9. The molecule has 0 aliphatic carbocycles. The van der Waals surface area contributed by atoms with Crippen LogP contribution < -0.4 is 20.7 Å². The molecule has 7 nitrogen and oxygen atoms in total. The Labute approximate surface area is 206 Å². The minimum atomic E-state index is -0.830. The number of hydrogen-bond donors (Lipinski definition) is 3. The van der Waals surface area contributed by atoms with Crippen LogP contribution in [0.4, 0.5) is 4.39 Å². The first-order valence-electron chi connectivity index (χ1n) is 12.2. The van der Waals surface area contributed by atoms with Gasteiger partial charge in [0.05, 0.1) is 5.56 Å². The van der Waals surface area contributed by atoms with Crippen LogP contribution >= 0.6 is 0 Å². The molecule has 35 heavy (non-hydrogen) atoms. The quantitative estimate of drug-likeness (QED) is 0.337. The van der Waals surface area contributed by atoms with Crippen molar-refractivity contribution in [1.29, 1.82) is 0 Å². The van der Waals surface area contributed by atoms with Gasteiger partial charge in [0.25, 0.3) is 11.8 Å². The van der Waals surface area contributed by atoms with Crippen molar-refractivity contribution in [3.05, 3.63) is 65.1 Å². The van der Waals surface area contributed by atoms with Crippen LogP contribution in [0.15, 0.2) is 42.5 Å². The predicted molar refractivity (Wildman–Crippen MR) is 136 cm³/mol. The summed E-state index contributed by atoms with van der Waals surface area (Å²) in [5.74, 6) is -0.259. The number of aromatic nitrogens is 1. The Kier molecular flexibility index (Phi) is 9.25. The molecule has 188 valence electrons. The van der Waals surface area contributed by atoms with Crippen molar-refractivity contribution in [2.45, 2.75) is 59.9 Å². The minimum Gasteiger partial charge on any atom is -0.466 e. The van der Waals surface area contributed by atoms with E-state index in [9.17, 15) is 14.0 Å². The van der Waals surface area contributed by atoms with Crippen molar-refractivity contribution < 1.29 is 18.7 Å². The van der Waals surface area contributed by atoms with Crippen molar-refractivity contribution in [3.63, 3.8) is 0 Å². The number of hydrogen-bond acceptors (Lipinski definition) is 4. The van der Waals surface area contributed by atoms with Crippen molar-refractivity contribution >= 4 is 22.7 Å². The van der Waals surface area contributed by atoms with Gasteiger partial charge in [0.2, 0.25) is 6.23 Å². The van der Waals surface area contributed by atoms with Crippen molar-refractivity contribution in [2.24, 2.45) is 0 Å². The van der Waals surface area contributed by atoms with Gasteiger partial charge in [-0.1, -0.05) is 26.0 Å². The van der Waals surface area contributed by atoms with Crippen LogP contribution in [0.1, 0.15) is 55.2 Å².